The van der Waals surface area contributed by atoms with E-state index in [0.29, 0.717) is 29.2 Å². The van der Waals surface area contributed by atoms with Gasteiger partial charge < -0.3 is 10.6 Å². The standard InChI is InChI=1S/C27H34N4O2S/c1-27(2,3)31-34-23-14-12-22(13-15-23)29-26(33)24(17-19-8-5-4-6-9-19)30-25(32)21-11-7-10-20(16-21)18-28/h7,10-16,19,24,31H,4-6,8-9,17H2,1-3H3,(H,29,33)(H,30,32)/t24-/m0/s1. The summed E-state index contributed by atoms with van der Waals surface area (Å²) < 4.78 is 3.37. The number of nitrogens with one attached hydrogen (secondary N) is 3. The highest BCUT2D eigenvalue weighted by Gasteiger charge is 2.26. The molecule has 0 heterocycles. The second kappa shape index (κ2) is 12.0. The first-order valence-electron chi connectivity index (χ1n) is 11.9. The minimum atomic E-state index is -0.641. The number of anilines is 1. The first-order valence-corrected chi connectivity index (χ1v) is 12.7. The van der Waals surface area contributed by atoms with E-state index in [4.69, 9.17) is 5.26 Å². The van der Waals surface area contributed by atoms with Gasteiger partial charge in [0.05, 0.1) is 11.6 Å². The molecule has 3 rings (SSSR count). The van der Waals surface area contributed by atoms with Crippen molar-refractivity contribution in [1.29, 1.82) is 5.26 Å². The number of hydrogen-bond donors (Lipinski definition) is 3. The lowest BCUT2D eigenvalue weighted by atomic mass is 9.84. The van der Waals surface area contributed by atoms with Crippen molar-refractivity contribution >= 4 is 29.4 Å². The lowest BCUT2D eigenvalue weighted by Gasteiger charge is -2.26. The molecule has 180 valence electrons. The maximum Gasteiger partial charge on any atom is 0.251 e. The molecule has 1 fully saturated rings. The first kappa shape index (κ1) is 25.8. The summed E-state index contributed by atoms with van der Waals surface area (Å²) >= 11 is 1.55. The summed E-state index contributed by atoms with van der Waals surface area (Å²) in [6.07, 6.45) is 6.33. The summed E-state index contributed by atoms with van der Waals surface area (Å²) in [5, 5.41) is 15.0. The Labute approximate surface area is 207 Å². The van der Waals surface area contributed by atoms with Gasteiger partial charge in [0.25, 0.3) is 5.91 Å². The molecule has 0 saturated heterocycles. The van der Waals surface area contributed by atoms with Crippen LogP contribution in [0.4, 0.5) is 5.69 Å². The number of hydrogen-bond acceptors (Lipinski definition) is 5. The fraction of sp³-hybridized carbons (Fsp3) is 0.444. The van der Waals surface area contributed by atoms with E-state index in [2.05, 4.69) is 42.2 Å². The highest BCUT2D eigenvalue weighted by molar-refractivity contribution is 7.97. The zero-order valence-corrected chi connectivity index (χ0v) is 21.0. The van der Waals surface area contributed by atoms with E-state index < -0.39 is 6.04 Å². The summed E-state index contributed by atoms with van der Waals surface area (Å²) in [4.78, 5) is 27.2. The largest absolute Gasteiger partial charge is 0.340 e. The van der Waals surface area contributed by atoms with Gasteiger partial charge in [0.2, 0.25) is 5.91 Å². The van der Waals surface area contributed by atoms with Crippen LogP contribution in [-0.2, 0) is 4.79 Å². The van der Waals surface area contributed by atoms with Gasteiger partial charge in [0, 0.05) is 21.7 Å². The highest BCUT2D eigenvalue weighted by atomic mass is 32.2. The van der Waals surface area contributed by atoms with Crippen LogP contribution in [0.2, 0.25) is 0 Å². The molecule has 0 bridgehead atoms. The average molecular weight is 479 g/mol. The number of benzene rings is 2. The Bertz CT molecular complexity index is 1020. The van der Waals surface area contributed by atoms with Crippen LogP contribution in [0.1, 0.15) is 75.2 Å². The van der Waals surface area contributed by atoms with Crippen LogP contribution in [0, 0.1) is 17.2 Å². The normalized spacial score (nSPS) is 15.2. The van der Waals surface area contributed by atoms with E-state index in [1.807, 2.05) is 24.3 Å². The molecule has 0 unspecified atom stereocenters. The van der Waals surface area contributed by atoms with Crippen molar-refractivity contribution in [3.63, 3.8) is 0 Å². The van der Waals surface area contributed by atoms with Gasteiger partial charge in [-0.1, -0.05) is 38.2 Å². The van der Waals surface area contributed by atoms with E-state index in [1.165, 1.54) is 19.3 Å². The van der Waals surface area contributed by atoms with E-state index >= 15 is 0 Å². The number of carbonyl (C=O) groups is 2. The second-order valence-corrected chi connectivity index (χ2v) is 10.8. The number of nitrogens with zero attached hydrogens (tertiary/aromatic N) is 1. The van der Waals surface area contributed by atoms with E-state index in [9.17, 15) is 9.59 Å². The van der Waals surface area contributed by atoms with Crippen LogP contribution in [0.15, 0.2) is 53.4 Å². The molecule has 0 aromatic heterocycles. The van der Waals surface area contributed by atoms with Crippen molar-refractivity contribution in [1.82, 2.24) is 10.0 Å². The molecule has 3 N–H and O–H groups in total. The number of carbonyl (C=O) groups excluding carboxylic acids is 2. The third-order valence-electron chi connectivity index (χ3n) is 5.77. The quantitative estimate of drug-likeness (QED) is 0.426. The van der Waals surface area contributed by atoms with Gasteiger partial charge in [-0.2, -0.15) is 5.26 Å². The van der Waals surface area contributed by atoms with Crippen molar-refractivity contribution in [3.05, 3.63) is 59.7 Å². The zero-order chi connectivity index (χ0) is 24.6. The Hall–Kier alpha value is -2.82. The molecule has 2 amide bonds. The van der Waals surface area contributed by atoms with Gasteiger partial charge in [0.1, 0.15) is 6.04 Å². The Morgan fingerprint density at radius 1 is 1.09 bits per heavy atom. The van der Waals surface area contributed by atoms with Crippen molar-refractivity contribution in [2.24, 2.45) is 5.92 Å². The molecule has 0 spiro atoms. The Balaban J connectivity index is 1.68. The van der Waals surface area contributed by atoms with Crippen LogP contribution in [-0.4, -0.2) is 23.4 Å². The first-order chi connectivity index (χ1) is 16.2. The van der Waals surface area contributed by atoms with E-state index in [0.717, 1.165) is 17.7 Å². The van der Waals surface area contributed by atoms with Crippen molar-refractivity contribution in [3.8, 4) is 6.07 Å². The van der Waals surface area contributed by atoms with Gasteiger partial charge in [-0.3, -0.25) is 14.3 Å². The Morgan fingerprint density at radius 3 is 2.44 bits per heavy atom. The third kappa shape index (κ3) is 8.19. The summed E-state index contributed by atoms with van der Waals surface area (Å²) in [6.45, 7) is 6.31. The van der Waals surface area contributed by atoms with Gasteiger partial charge in [-0.25, -0.2) is 0 Å². The number of rotatable bonds is 8. The van der Waals surface area contributed by atoms with Crippen LogP contribution in [0.5, 0.6) is 0 Å². The lowest BCUT2D eigenvalue weighted by Crippen LogP contribution is -2.45. The summed E-state index contributed by atoms with van der Waals surface area (Å²) in [5.41, 5.74) is 1.49. The van der Waals surface area contributed by atoms with Crippen molar-refractivity contribution < 1.29 is 9.59 Å². The smallest absolute Gasteiger partial charge is 0.251 e. The molecule has 0 radical (unpaired) electrons. The maximum absolute atomic E-state index is 13.2. The van der Waals surface area contributed by atoms with Gasteiger partial charge in [-0.15, -0.1) is 0 Å². The van der Waals surface area contributed by atoms with E-state index in [-0.39, 0.29) is 17.4 Å². The van der Waals surface area contributed by atoms with E-state index in [1.54, 1.807) is 36.2 Å². The van der Waals surface area contributed by atoms with Crippen molar-refractivity contribution in [2.45, 2.75) is 75.8 Å². The molecule has 2 aromatic carbocycles. The second-order valence-electron chi connectivity index (χ2n) is 9.93. The van der Waals surface area contributed by atoms with Crippen LogP contribution in [0.3, 0.4) is 0 Å². The number of amides is 2. The predicted molar refractivity (Wildman–Crippen MR) is 137 cm³/mol. The molecule has 0 aliphatic heterocycles. The van der Waals surface area contributed by atoms with Crippen LogP contribution < -0.4 is 15.4 Å². The third-order valence-corrected chi connectivity index (χ3v) is 6.99. The molecule has 1 aliphatic carbocycles. The molecule has 1 aliphatic rings. The highest BCUT2D eigenvalue weighted by Crippen LogP contribution is 2.28. The van der Waals surface area contributed by atoms with Gasteiger partial charge in [0.15, 0.2) is 0 Å². The fourth-order valence-electron chi connectivity index (χ4n) is 4.01. The predicted octanol–water partition coefficient (Wildman–Crippen LogP) is 5.66. The fourth-order valence-corrected chi connectivity index (χ4v) is 4.70. The van der Waals surface area contributed by atoms with Crippen molar-refractivity contribution in [2.75, 3.05) is 5.32 Å². The van der Waals surface area contributed by atoms with Gasteiger partial charge >= 0.3 is 0 Å². The Morgan fingerprint density at radius 2 is 1.79 bits per heavy atom. The summed E-state index contributed by atoms with van der Waals surface area (Å²) in [6, 6.07) is 15.6. The van der Waals surface area contributed by atoms with Gasteiger partial charge in [-0.05, 0) is 87.5 Å². The minimum Gasteiger partial charge on any atom is -0.340 e. The topological polar surface area (TPSA) is 94.0 Å². The average Bonchev–Trinajstić information content (AvgIpc) is 2.83. The molecule has 1 saturated carbocycles. The molecule has 2 aromatic rings. The summed E-state index contributed by atoms with van der Waals surface area (Å²) in [5.74, 6) is -0.144. The Kier molecular flexibility index (Phi) is 9.14. The maximum atomic E-state index is 13.2. The van der Waals surface area contributed by atoms with Crippen LogP contribution >= 0.6 is 11.9 Å². The summed E-state index contributed by atoms with van der Waals surface area (Å²) in [7, 11) is 0. The molecule has 7 heteroatoms. The minimum absolute atomic E-state index is 0.00510. The lowest BCUT2D eigenvalue weighted by molar-refractivity contribution is -0.118. The molecule has 6 nitrogen and oxygen atoms in total. The zero-order valence-electron chi connectivity index (χ0n) is 20.2. The molecular weight excluding hydrogens is 444 g/mol. The monoisotopic (exact) mass is 478 g/mol. The number of nitriles is 1. The van der Waals surface area contributed by atoms with Crippen LogP contribution in [0.25, 0.3) is 0 Å². The molecule has 34 heavy (non-hydrogen) atoms. The molecular formula is C27H34N4O2S. The SMILES string of the molecule is CC(C)(C)NSc1ccc(NC(=O)[C@H](CC2CCCCC2)NC(=O)c2cccc(C#N)c2)cc1. The molecule has 1 atom stereocenters.